The maximum atomic E-state index is 13.6. The van der Waals surface area contributed by atoms with E-state index in [9.17, 15) is 4.79 Å². The normalized spacial score (nSPS) is 16.2. The number of aromatic nitrogens is 1. The van der Waals surface area contributed by atoms with Crippen LogP contribution in [0.4, 0.5) is 11.5 Å². The van der Waals surface area contributed by atoms with Crippen molar-refractivity contribution in [3.8, 4) is 17.0 Å². The highest BCUT2D eigenvalue weighted by Crippen LogP contribution is 2.29. The summed E-state index contributed by atoms with van der Waals surface area (Å²) in [6.45, 7) is 4.89. The van der Waals surface area contributed by atoms with Crippen LogP contribution in [0, 0.1) is 0 Å². The van der Waals surface area contributed by atoms with Gasteiger partial charge in [0, 0.05) is 56.6 Å². The van der Waals surface area contributed by atoms with Crippen LogP contribution in [0.3, 0.4) is 0 Å². The van der Waals surface area contributed by atoms with E-state index in [0.717, 1.165) is 67.5 Å². The third-order valence-electron chi connectivity index (χ3n) is 6.57. The van der Waals surface area contributed by atoms with E-state index in [1.807, 2.05) is 47.4 Å². The number of anilines is 2. The average molecular weight is 443 g/mol. The first kappa shape index (κ1) is 21.3. The first-order chi connectivity index (χ1) is 16.2. The Morgan fingerprint density at radius 2 is 1.58 bits per heavy atom. The van der Waals surface area contributed by atoms with E-state index in [2.05, 4.69) is 34.1 Å². The second kappa shape index (κ2) is 9.53. The molecule has 0 unspecified atom stereocenters. The summed E-state index contributed by atoms with van der Waals surface area (Å²) in [6, 6.07) is 22.2. The first-order valence-electron chi connectivity index (χ1n) is 11.7. The predicted octanol–water partition coefficient (Wildman–Crippen LogP) is 4.32. The van der Waals surface area contributed by atoms with E-state index in [0.29, 0.717) is 18.7 Å². The SMILES string of the molecule is COc1cccc(N2CCN(C(=O)c3ccc(-c4ccccc4)nc3N3CCCC3)CC2)c1. The molecular formula is C27H30N4O2. The van der Waals surface area contributed by atoms with E-state index < -0.39 is 0 Å². The summed E-state index contributed by atoms with van der Waals surface area (Å²) < 4.78 is 5.36. The number of carbonyl (C=O) groups is 1. The third-order valence-corrected chi connectivity index (χ3v) is 6.57. The van der Waals surface area contributed by atoms with Crippen LogP contribution in [0.15, 0.2) is 66.7 Å². The van der Waals surface area contributed by atoms with Crippen molar-refractivity contribution in [2.24, 2.45) is 0 Å². The minimum atomic E-state index is 0.0781. The molecule has 0 aliphatic carbocycles. The molecule has 0 radical (unpaired) electrons. The van der Waals surface area contributed by atoms with Gasteiger partial charge in [-0.1, -0.05) is 36.4 Å². The number of pyridine rings is 1. The molecule has 3 aromatic rings. The molecule has 0 bridgehead atoms. The molecular weight excluding hydrogens is 412 g/mol. The fraction of sp³-hybridized carbons (Fsp3) is 0.333. The van der Waals surface area contributed by atoms with Gasteiger partial charge < -0.3 is 19.4 Å². The third kappa shape index (κ3) is 4.51. The Labute approximate surface area is 195 Å². The Kier molecular flexibility index (Phi) is 6.15. The number of methoxy groups -OCH3 is 1. The molecule has 0 N–H and O–H groups in total. The van der Waals surface area contributed by atoms with Crippen molar-refractivity contribution in [1.29, 1.82) is 0 Å². The molecule has 2 aliphatic heterocycles. The van der Waals surface area contributed by atoms with Crippen molar-refractivity contribution < 1.29 is 9.53 Å². The number of carbonyl (C=O) groups excluding carboxylic acids is 1. The first-order valence-corrected chi connectivity index (χ1v) is 11.7. The number of ether oxygens (including phenoxy) is 1. The van der Waals surface area contributed by atoms with Crippen molar-refractivity contribution in [2.45, 2.75) is 12.8 Å². The lowest BCUT2D eigenvalue weighted by atomic mass is 10.1. The molecule has 2 saturated heterocycles. The second-order valence-corrected chi connectivity index (χ2v) is 8.61. The average Bonchev–Trinajstić information content (AvgIpc) is 3.44. The van der Waals surface area contributed by atoms with Gasteiger partial charge in [-0.05, 0) is 37.1 Å². The Hall–Kier alpha value is -3.54. The maximum Gasteiger partial charge on any atom is 0.257 e. The molecule has 3 heterocycles. The molecule has 6 heteroatoms. The number of amides is 1. The van der Waals surface area contributed by atoms with Gasteiger partial charge in [-0.15, -0.1) is 0 Å². The zero-order valence-electron chi connectivity index (χ0n) is 19.1. The summed E-state index contributed by atoms with van der Waals surface area (Å²) in [5.41, 5.74) is 3.83. The van der Waals surface area contributed by atoms with Crippen LogP contribution < -0.4 is 14.5 Å². The lowest BCUT2D eigenvalue weighted by Crippen LogP contribution is -2.49. The molecule has 1 aromatic heterocycles. The van der Waals surface area contributed by atoms with Crippen LogP contribution >= 0.6 is 0 Å². The van der Waals surface area contributed by atoms with Crippen LogP contribution in [0.25, 0.3) is 11.3 Å². The standard InChI is InChI=1S/C27H30N4O2/c1-33-23-11-7-10-22(20-23)29-16-18-31(19-17-29)27(32)24-12-13-25(21-8-3-2-4-9-21)28-26(24)30-14-5-6-15-30/h2-4,7-13,20H,5-6,14-19H2,1H3. The highest BCUT2D eigenvalue weighted by atomic mass is 16.5. The molecule has 2 aliphatic rings. The van der Waals surface area contributed by atoms with Crippen molar-refractivity contribution >= 4 is 17.4 Å². The molecule has 2 aromatic carbocycles. The number of rotatable bonds is 5. The van der Waals surface area contributed by atoms with Crippen LogP contribution in [-0.4, -0.2) is 62.2 Å². The molecule has 2 fully saturated rings. The Balaban J connectivity index is 1.36. The van der Waals surface area contributed by atoms with E-state index >= 15 is 0 Å². The smallest absolute Gasteiger partial charge is 0.257 e. The van der Waals surface area contributed by atoms with E-state index in [1.54, 1.807) is 7.11 Å². The van der Waals surface area contributed by atoms with Crippen LogP contribution in [0.5, 0.6) is 5.75 Å². The maximum absolute atomic E-state index is 13.6. The summed E-state index contributed by atoms with van der Waals surface area (Å²) in [5.74, 6) is 1.76. The molecule has 5 rings (SSSR count). The molecule has 6 nitrogen and oxygen atoms in total. The summed E-state index contributed by atoms with van der Waals surface area (Å²) >= 11 is 0. The molecule has 170 valence electrons. The lowest BCUT2D eigenvalue weighted by Gasteiger charge is -2.36. The Bertz CT molecular complexity index is 1100. The largest absolute Gasteiger partial charge is 0.497 e. The van der Waals surface area contributed by atoms with Crippen molar-refractivity contribution in [2.75, 3.05) is 56.2 Å². The fourth-order valence-corrected chi connectivity index (χ4v) is 4.70. The van der Waals surface area contributed by atoms with E-state index in [4.69, 9.17) is 9.72 Å². The summed E-state index contributed by atoms with van der Waals surface area (Å²) in [7, 11) is 1.69. The van der Waals surface area contributed by atoms with Crippen molar-refractivity contribution in [3.63, 3.8) is 0 Å². The lowest BCUT2D eigenvalue weighted by molar-refractivity contribution is 0.0747. The number of hydrogen-bond donors (Lipinski definition) is 0. The fourth-order valence-electron chi connectivity index (χ4n) is 4.70. The van der Waals surface area contributed by atoms with E-state index in [1.165, 1.54) is 0 Å². The van der Waals surface area contributed by atoms with Crippen LogP contribution in [-0.2, 0) is 0 Å². The minimum Gasteiger partial charge on any atom is -0.497 e. The number of piperazine rings is 1. The number of hydrogen-bond acceptors (Lipinski definition) is 5. The van der Waals surface area contributed by atoms with Gasteiger partial charge in [0.2, 0.25) is 0 Å². The van der Waals surface area contributed by atoms with Gasteiger partial charge in [0.15, 0.2) is 0 Å². The van der Waals surface area contributed by atoms with Crippen molar-refractivity contribution in [3.05, 3.63) is 72.3 Å². The predicted molar refractivity (Wildman–Crippen MR) is 132 cm³/mol. The van der Waals surface area contributed by atoms with Gasteiger partial charge in [0.1, 0.15) is 11.6 Å². The highest BCUT2D eigenvalue weighted by Gasteiger charge is 2.27. The topological polar surface area (TPSA) is 48.9 Å². The highest BCUT2D eigenvalue weighted by molar-refractivity contribution is 5.99. The van der Waals surface area contributed by atoms with Gasteiger partial charge >= 0.3 is 0 Å². The monoisotopic (exact) mass is 442 g/mol. The quantitative estimate of drug-likeness (QED) is 0.589. The molecule has 0 atom stereocenters. The van der Waals surface area contributed by atoms with Crippen molar-refractivity contribution in [1.82, 2.24) is 9.88 Å². The van der Waals surface area contributed by atoms with Gasteiger partial charge in [-0.3, -0.25) is 4.79 Å². The van der Waals surface area contributed by atoms with Gasteiger partial charge in [0.05, 0.1) is 18.4 Å². The van der Waals surface area contributed by atoms with Gasteiger partial charge in [-0.25, -0.2) is 4.98 Å². The summed E-state index contributed by atoms with van der Waals surface area (Å²) in [5, 5.41) is 0. The minimum absolute atomic E-state index is 0.0781. The van der Waals surface area contributed by atoms with Gasteiger partial charge in [-0.2, -0.15) is 0 Å². The molecule has 0 saturated carbocycles. The molecule has 1 amide bonds. The van der Waals surface area contributed by atoms with Crippen LogP contribution in [0.1, 0.15) is 23.2 Å². The van der Waals surface area contributed by atoms with Gasteiger partial charge in [0.25, 0.3) is 5.91 Å². The zero-order chi connectivity index (χ0) is 22.6. The molecule has 0 spiro atoms. The van der Waals surface area contributed by atoms with Crippen LogP contribution in [0.2, 0.25) is 0 Å². The molecule has 33 heavy (non-hydrogen) atoms. The summed E-state index contributed by atoms with van der Waals surface area (Å²) in [4.78, 5) is 25.1. The zero-order valence-corrected chi connectivity index (χ0v) is 19.1. The van der Waals surface area contributed by atoms with E-state index in [-0.39, 0.29) is 5.91 Å². The second-order valence-electron chi connectivity index (χ2n) is 8.61. The Morgan fingerprint density at radius 3 is 2.30 bits per heavy atom. The summed E-state index contributed by atoms with van der Waals surface area (Å²) in [6.07, 6.45) is 2.29. The Morgan fingerprint density at radius 1 is 0.818 bits per heavy atom. The number of benzene rings is 2. The number of nitrogens with zero attached hydrogens (tertiary/aromatic N) is 4.